The maximum Gasteiger partial charge on any atom is 0.243 e. The van der Waals surface area contributed by atoms with Crippen LogP contribution in [0.2, 0.25) is 0 Å². The number of rotatable bonds is 6. The van der Waals surface area contributed by atoms with Crippen LogP contribution in [-0.2, 0) is 14.8 Å². The monoisotopic (exact) mass is 424 g/mol. The summed E-state index contributed by atoms with van der Waals surface area (Å²) in [4.78, 5) is 25.4. The number of benzene rings is 1. The van der Waals surface area contributed by atoms with Crippen LogP contribution in [0, 0.1) is 0 Å². The van der Waals surface area contributed by atoms with Crippen LogP contribution in [0.4, 0.5) is 0 Å². The van der Waals surface area contributed by atoms with E-state index in [4.69, 9.17) is 5.84 Å². The van der Waals surface area contributed by atoms with E-state index in [0.29, 0.717) is 23.8 Å². The van der Waals surface area contributed by atoms with Crippen LogP contribution in [0.25, 0.3) is 0 Å². The summed E-state index contributed by atoms with van der Waals surface area (Å²) in [5.74, 6) is 5.52. The Morgan fingerprint density at radius 2 is 1.79 bits per heavy atom. The molecule has 2 N–H and O–H groups in total. The van der Waals surface area contributed by atoms with Gasteiger partial charge in [-0.3, -0.25) is 9.59 Å². The molecular weight excluding hydrogens is 404 g/mol. The lowest BCUT2D eigenvalue weighted by atomic mass is 10.2. The quantitative estimate of drug-likeness (QED) is 0.384. The zero-order valence-corrected chi connectivity index (χ0v) is 16.8. The van der Waals surface area contributed by atoms with Crippen molar-refractivity contribution in [3.05, 3.63) is 36.2 Å². The van der Waals surface area contributed by atoms with E-state index in [0.717, 1.165) is 0 Å². The van der Waals surface area contributed by atoms with Gasteiger partial charge in [-0.15, -0.1) is 10.2 Å². The molecule has 1 fully saturated rings. The Bertz CT molecular complexity index is 965. The Morgan fingerprint density at radius 3 is 2.32 bits per heavy atom. The maximum atomic E-state index is 12.8. The molecule has 12 heteroatoms. The van der Waals surface area contributed by atoms with Gasteiger partial charge < -0.3 is 10.7 Å². The minimum absolute atomic E-state index is 0.115. The highest BCUT2D eigenvalue weighted by molar-refractivity contribution is 7.99. The third-order valence-corrected chi connectivity index (χ3v) is 7.21. The number of nitrogens with zero attached hydrogens (tertiary/aromatic N) is 5. The van der Waals surface area contributed by atoms with Crippen LogP contribution in [0.3, 0.4) is 0 Å². The number of carbonyl (C=O) groups is 2. The molecule has 0 spiro atoms. The van der Waals surface area contributed by atoms with Gasteiger partial charge in [0.25, 0.3) is 0 Å². The highest BCUT2D eigenvalue weighted by atomic mass is 32.2. The second kappa shape index (κ2) is 8.29. The number of hydrogen-bond acceptors (Lipinski definition) is 8. The standard InChI is InChI=1S/C16H20N6O4S2/c1-12(23)13-2-4-14(5-3-13)28(25,26)21-8-6-20(7-9-21)15(24)10-27-16-19-18-11-22(16)17/h2-5,11H,6-10,17H2,1H3. The molecule has 1 aromatic heterocycles. The van der Waals surface area contributed by atoms with Gasteiger partial charge in [-0.05, 0) is 19.1 Å². The number of hydrogen-bond donors (Lipinski definition) is 1. The van der Waals surface area contributed by atoms with Gasteiger partial charge in [-0.25, -0.2) is 13.1 Å². The molecule has 0 aliphatic carbocycles. The highest BCUT2D eigenvalue weighted by Crippen LogP contribution is 2.19. The van der Waals surface area contributed by atoms with E-state index in [1.807, 2.05) is 0 Å². The van der Waals surface area contributed by atoms with E-state index < -0.39 is 10.0 Å². The Kier molecular flexibility index (Phi) is 6.01. The predicted molar refractivity (Wildman–Crippen MR) is 103 cm³/mol. The first-order valence-corrected chi connectivity index (χ1v) is 10.9. The van der Waals surface area contributed by atoms with Crippen LogP contribution in [0.5, 0.6) is 0 Å². The Balaban J connectivity index is 1.57. The van der Waals surface area contributed by atoms with Crippen LogP contribution in [0.15, 0.2) is 40.6 Å². The number of Topliss-reactive ketones (excluding diaryl/α,β-unsaturated/α-hetero) is 1. The number of ketones is 1. The number of sulfonamides is 1. The molecule has 3 rings (SSSR count). The minimum atomic E-state index is -3.67. The summed E-state index contributed by atoms with van der Waals surface area (Å²) in [6, 6.07) is 5.87. The molecule has 0 radical (unpaired) electrons. The van der Waals surface area contributed by atoms with Gasteiger partial charge in [0.15, 0.2) is 5.78 Å². The van der Waals surface area contributed by atoms with Gasteiger partial charge in [-0.2, -0.15) is 4.31 Å². The zero-order chi connectivity index (χ0) is 20.3. The first-order valence-electron chi connectivity index (χ1n) is 8.46. The summed E-state index contributed by atoms with van der Waals surface area (Å²) in [5, 5.41) is 7.88. The van der Waals surface area contributed by atoms with E-state index in [9.17, 15) is 18.0 Å². The Morgan fingerprint density at radius 1 is 1.14 bits per heavy atom. The lowest BCUT2D eigenvalue weighted by molar-refractivity contribution is -0.129. The third kappa shape index (κ3) is 4.34. The highest BCUT2D eigenvalue weighted by Gasteiger charge is 2.30. The number of carbonyl (C=O) groups excluding carboxylic acids is 2. The first kappa shape index (κ1) is 20.3. The molecule has 0 unspecified atom stereocenters. The molecule has 1 aromatic carbocycles. The van der Waals surface area contributed by atoms with Crippen LogP contribution in [0.1, 0.15) is 17.3 Å². The van der Waals surface area contributed by atoms with E-state index in [2.05, 4.69) is 10.2 Å². The summed E-state index contributed by atoms with van der Waals surface area (Å²) < 4.78 is 28.1. The number of nitrogens with two attached hydrogens (primary N) is 1. The van der Waals surface area contributed by atoms with Gasteiger partial charge in [0, 0.05) is 31.7 Å². The van der Waals surface area contributed by atoms with Gasteiger partial charge in [0.2, 0.25) is 21.1 Å². The molecule has 1 saturated heterocycles. The van der Waals surface area contributed by atoms with Crippen molar-refractivity contribution in [2.24, 2.45) is 0 Å². The van der Waals surface area contributed by atoms with Gasteiger partial charge >= 0.3 is 0 Å². The number of piperazine rings is 1. The minimum Gasteiger partial charge on any atom is -0.339 e. The van der Waals surface area contributed by atoms with E-state index in [1.54, 1.807) is 4.90 Å². The molecule has 10 nitrogen and oxygen atoms in total. The summed E-state index contributed by atoms with van der Waals surface area (Å²) in [6.07, 6.45) is 1.35. The summed E-state index contributed by atoms with van der Waals surface area (Å²) in [7, 11) is -3.67. The lowest BCUT2D eigenvalue weighted by Crippen LogP contribution is -2.51. The van der Waals surface area contributed by atoms with Crippen LogP contribution in [-0.4, -0.2) is 76.1 Å². The number of amides is 1. The Hall–Kier alpha value is -2.44. The van der Waals surface area contributed by atoms with E-state index >= 15 is 0 Å². The van der Waals surface area contributed by atoms with Crippen molar-refractivity contribution in [3.63, 3.8) is 0 Å². The second-order valence-corrected chi connectivity index (χ2v) is 9.06. The molecule has 28 heavy (non-hydrogen) atoms. The van der Waals surface area contributed by atoms with Crippen LogP contribution >= 0.6 is 11.8 Å². The topological polar surface area (TPSA) is 131 Å². The third-order valence-electron chi connectivity index (χ3n) is 4.35. The van der Waals surface area contributed by atoms with Gasteiger partial charge in [-0.1, -0.05) is 23.9 Å². The molecule has 0 atom stereocenters. The van der Waals surface area contributed by atoms with Crippen molar-refractivity contribution < 1.29 is 18.0 Å². The van der Waals surface area contributed by atoms with Crippen molar-refractivity contribution in [1.82, 2.24) is 24.1 Å². The molecule has 1 aliphatic heterocycles. The fraction of sp³-hybridized carbons (Fsp3) is 0.375. The summed E-state index contributed by atoms with van der Waals surface area (Å²) in [5.41, 5.74) is 0.458. The molecule has 0 bridgehead atoms. The fourth-order valence-corrected chi connectivity index (χ4v) is 4.90. The van der Waals surface area contributed by atoms with Crippen molar-refractivity contribution in [2.45, 2.75) is 17.0 Å². The van der Waals surface area contributed by atoms with E-state index in [1.165, 1.54) is 58.3 Å². The lowest BCUT2D eigenvalue weighted by Gasteiger charge is -2.34. The average molecular weight is 425 g/mol. The average Bonchev–Trinajstić information content (AvgIpc) is 3.11. The van der Waals surface area contributed by atoms with Crippen molar-refractivity contribution in [3.8, 4) is 0 Å². The molecular formula is C16H20N6O4S2. The normalized spacial score (nSPS) is 15.5. The second-order valence-electron chi connectivity index (χ2n) is 6.17. The van der Waals surface area contributed by atoms with Crippen molar-refractivity contribution >= 4 is 33.5 Å². The van der Waals surface area contributed by atoms with E-state index in [-0.39, 0.29) is 35.4 Å². The molecule has 150 valence electrons. The Labute approximate surface area is 166 Å². The number of thioether (sulfide) groups is 1. The summed E-state index contributed by atoms with van der Waals surface area (Å²) in [6.45, 7) is 2.45. The largest absolute Gasteiger partial charge is 0.339 e. The number of nitrogen functional groups attached to an aromatic ring is 1. The SMILES string of the molecule is CC(=O)c1ccc(S(=O)(=O)N2CCN(C(=O)CSc3nncn3N)CC2)cc1. The van der Waals surface area contributed by atoms with Gasteiger partial charge in [0.05, 0.1) is 10.6 Å². The molecule has 2 heterocycles. The summed E-state index contributed by atoms with van der Waals surface area (Å²) >= 11 is 1.18. The maximum absolute atomic E-state index is 12.8. The first-order chi connectivity index (χ1) is 13.3. The molecule has 0 saturated carbocycles. The van der Waals surface area contributed by atoms with Crippen molar-refractivity contribution in [2.75, 3.05) is 37.8 Å². The zero-order valence-electron chi connectivity index (χ0n) is 15.2. The molecule has 1 amide bonds. The fourth-order valence-electron chi connectivity index (χ4n) is 2.74. The smallest absolute Gasteiger partial charge is 0.243 e. The van der Waals surface area contributed by atoms with Crippen molar-refractivity contribution in [1.29, 1.82) is 0 Å². The van der Waals surface area contributed by atoms with Crippen LogP contribution < -0.4 is 5.84 Å². The predicted octanol–water partition coefficient (Wildman–Crippen LogP) is -0.180. The van der Waals surface area contributed by atoms with Gasteiger partial charge in [0.1, 0.15) is 6.33 Å². The molecule has 2 aromatic rings. The molecule has 1 aliphatic rings. The number of aromatic nitrogens is 3.